The fourth-order valence-corrected chi connectivity index (χ4v) is 3.45. The molecular formula is C15H17F4NO. The molecule has 1 aromatic carbocycles. The topological polar surface area (TPSA) is 12.5 Å². The van der Waals surface area contributed by atoms with E-state index in [-0.39, 0.29) is 11.9 Å². The molecular weight excluding hydrogens is 286 g/mol. The zero-order valence-electron chi connectivity index (χ0n) is 11.7. The maximum atomic E-state index is 13.2. The van der Waals surface area contributed by atoms with Crippen LogP contribution in [0.2, 0.25) is 0 Å². The number of benzene rings is 1. The van der Waals surface area contributed by atoms with Crippen molar-refractivity contribution < 1.29 is 22.3 Å². The van der Waals surface area contributed by atoms with Crippen LogP contribution < -0.4 is 4.74 Å². The van der Waals surface area contributed by atoms with Crippen LogP contribution in [0, 0.1) is 5.82 Å². The van der Waals surface area contributed by atoms with Crippen molar-refractivity contribution in [1.29, 1.82) is 0 Å². The third-order valence-corrected chi connectivity index (χ3v) is 4.60. The number of alkyl halides is 3. The highest BCUT2D eigenvalue weighted by Crippen LogP contribution is 2.37. The number of rotatable bonds is 2. The number of halogens is 4. The van der Waals surface area contributed by atoms with Gasteiger partial charge in [0.05, 0.1) is 5.56 Å². The molecule has 0 aliphatic carbocycles. The van der Waals surface area contributed by atoms with Gasteiger partial charge in [-0.05, 0) is 50.9 Å². The Morgan fingerprint density at radius 2 is 1.76 bits per heavy atom. The molecule has 3 rings (SSSR count). The van der Waals surface area contributed by atoms with Crippen molar-refractivity contribution in [3.05, 3.63) is 29.6 Å². The molecule has 0 spiro atoms. The van der Waals surface area contributed by atoms with Gasteiger partial charge in [0.1, 0.15) is 17.7 Å². The summed E-state index contributed by atoms with van der Waals surface area (Å²) in [5, 5.41) is 0. The Bertz CT molecular complexity index is 517. The minimum absolute atomic E-state index is 0.0924. The van der Waals surface area contributed by atoms with E-state index in [1.165, 1.54) is 6.07 Å². The number of nitrogens with zero attached hydrogens (tertiary/aromatic N) is 1. The predicted molar refractivity (Wildman–Crippen MR) is 69.6 cm³/mol. The lowest BCUT2D eigenvalue weighted by Gasteiger charge is -2.36. The lowest BCUT2D eigenvalue weighted by Crippen LogP contribution is -2.43. The van der Waals surface area contributed by atoms with Crippen molar-refractivity contribution in [3.8, 4) is 5.75 Å². The Balaban J connectivity index is 1.74. The SMILES string of the molecule is CN1C2CCC1CC(Oc1ccc(F)c(C(F)(F)F)c1)C2. The predicted octanol–water partition coefficient (Wildman–Crippen LogP) is 3.85. The number of ether oxygens (including phenoxy) is 1. The Hall–Kier alpha value is -1.30. The second-order valence-electron chi connectivity index (χ2n) is 5.90. The maximum Gasteiger partial charge on any atom is 0.419 e. The molecule has 2 heterocycles. The number of piperidine rings is 1. The molecule has 116 valence electrons. The maximum absolute atomic E-state index is 13.2. The summed E-state index contributed by atoms with van der Waals surface area (Å²) in [5.41, 5.74) is -1.27. The number of hydrogen-bond acceptors (Lipinski definition) is 2. The Morgan fingerprint density at radius 3 is 2.33 bits per heavy atom. The molecule has 0 amide bonds. The summed E-state index contributed by atoms with van der Waals surface area (Å²) < 4.78 is 57.0. The van der Waals surface area contributed by atoms with Gasteiger partial charge in [0.2, 0.25) is 0 Å². The first kappa shape index (κ1) is 14.6. The van der Waals surface area contributed by atoms with Crippen molar-refractivity contribution in [1.82, 2.24) is 4.90 Å². The first-order valence-corrected chi connectivity index (χ1v) is 7.10. The second kappa shape index (κ2) is 5.16. The summed E-state index contributed by atoms with van der Waals surface area (Å²) >= 11 is 0. The van der Waals surface area contributed by atoms with Crippen LogP contribution in [-0.2, 0) is 6.18 Å². The van der Waals surface area contributed by atoms with Crippen molar-refractivity contribution in [3.63, 3.8) is 0 Å². The molecule has 2 aliphatic rings. The van der Waals surface area contributed by atoms with Gasteiger partial charge in [0.15, 0.2) is 0 Å². The summed E-state index contributed by atoms with van der Waals surface area (Å²) in [6.07, 6.45) is -0.950. The molecule has 2 nitrogen and oxygen atoms in total. The lowest BCUT2D eigenvalue weighted by atomic mass is 10.0. The van der Waals surface area contributed by atoms with Gasteiger partial charge in [0, 0.05) is 12.1 Å². The molecule has 2 fully saturated rings. The monoisotopic (exact) mass is 303 g/mol. The zero-order valence-corrected chi connectivity index (χ0v) is 11.7. The van der Waals surface area contributed by atoms with Crippen LogP contribution in [0.25, 0.3) is 0 Å². The fourth-order valence-electron chi connectivity index (χ4n) is 3.45. The average molecular weight is 303 g/mol. The highest BCUT2D eigenvalue weighted by molar-refractivity contribution is 5.32. The van der Waals surface area contributed by atoms with Crippen LogP contribution in [0.15, 0.2) is 18.2 Å². The molecule has 2 atom stereocenters. The molecule has 2 aliphatic heterocycles. The van der Waals surface area contributed by atoms with E-state index in [9.17, 15) is 17.6 Å². The van der Waals surface area contributed by atoms with Crippen LogP contribution in [-0.4, -0.2) is 30.1 Å². The third-order valence-electron chi connectivity index (χ3n) is 4.60. The van der Waals surface area contributed by atoms with Gasteiger partial charge in [-0.3, -0.25) is 0 Å². The summed E-state index contributed by atoms with van der Waals surface area (Å²) in [4.78, 5) is 2.33. The van der Waals surface area contributed by atoms with Crippen LogP contribution in [0.1, 0.15) is 31.2 Å². The molecule has 0 radical (unpaired) electrons. The van der Waals surface area contributed by atoms with E-state index in [1.54, 1.807) is 0 Å². The molecule has 2 unspecified atom stereocenters. The summed E-state index contributed by atoms with van der Waals surface area (Å²) in [7, 11) is 2.08. The molecule has 2 bridgehead atoms. The molecule has 2 saturated heterocycles. The van der Waals surface area contributed by atoms with Gasteiger partial charge in [-0.25, -0.2) is 4.39 Å². The van der Waals surface area contributed by atoms with Crippen LogP contribution in [0.3, 0.4) is 0 Å². The Kier molecular flexibility index (Phi) is 3.59. The van der Waals surface area contributed by atoms with Crippen molar-refractivity contribution in [2.75, 3.05) is 7.05 Å². The largest absolute Gasteiger partial charge is 0.490 e. The Morgan fingerprint density at radius 1 is 1.14 bits per heavy atom. The smallest absolute Gasteiger partial charge is 0.419 e. The third kappa shape index (κ3) is 2.86. The second-order valence-corrected chi connectivity index (χ2v) is 5.90. The fraction of sp³-hybridized carbons (Fsp3) is 0.600. The summed E-state index contributed by atoms with van der Waals surface area (Å²) in [6, 6.07) is 3.73. The first-order valence-electron chi connectivity index (χ1n) is 7.10. The van der Waals surface area contributed by atoms with E-state index in [4.69, 9.17) is 4.74 Å². The molecule has 0 saturated carbocycles. The first-order chi connectivity index (χ1) is 9.84. The quantitative estimate of drug-likeness (QED) is 0.770. The van der Waals surface area contributed by atoms with E-state index in [0.29, 0.717) is 12.1 Å². The number of fused-ring (bicyclic) bond motifs is 2. The highest BCUT2D eigenvalue weighted by Gasteiger charge is 2.40. The molecule has 21 heavy (non-hydrogen) atoms. The van der Waals surface area contributed by atoms with E-state index in [0.717, 1.165) is 37.8 Å². The molecule has 0 N–H and O–H groups in total. The van der Waals surface area contributed by atoms with Crippen LogP contribution in [0.5, 0.6) is 5.75 Å². The van der Waals surface area contributed by atoms with E-state index >= 15 is 0 Å². The van der Waals surface area contributed by atoms with Gasteiger partial charge in [-0.15, -0.1) is 0 Å². The Labute approximate surface area is 120 Å². The van der Waals surface area contributed by atoms with E-state index in [2.05, 4.69) is 11.9 Å². The molecule has 0 aromatic heterocycles. The average Bonchev–Trinajstić information content (AvgIpc) is 2.62. The summed E-state index contributed by atoms with van der Waals surface area (Å²) in [6.45, 7) is 0. The van der Waals surface area contributed by atoms with Gasteiger partial charge < -0.3 is 9.64 Å². The number of hydrogen-bond donors (Lipinski definition) is 0. The van der Waals surface area contributed by atoms with Crippen LogP contribution >= 0.6 is 0 Å². The van der Waals surface area contributed by atoms with Crippen molar-refractivity contribution in [2.24, 2.45) is 0 Å². The molecule has 1 aromatic rings. The van der Waals surface area contributed by atoms with E-state index in [1.807, 2.05) is 0 Å². The van der Waals surface area contributed by atoms with Gasteiger partial charge in [-0.1, -0.05) is 0 Å². The van der Waals surface area contributed by atoms with Gasteiger partial charge >= 0.3 is 6.18 Å². The minimum Gasteiger partial charge on any atom is -0.490 e. The van der Waals surface area contributed by atoms with Crippen molar-refractivity contribution in [2.45, 2.75) is 50.0 Å². The van der Waals surface area contributed by atoms with Gasteiger partial charge in [-0.2, -0.15) is 13.2 Å². The van der Waals surface area contributed by atoms with Crippen molar-refractivity contribution >= 4 is 0 Å². The normalized spacial score (nSPS) is 29.7. The molecule has 6 heteroatoms. The van der Waals surface area contributed by atoms with Crippen LogP contribution in [0.4, 0.5) is 17.6 Å². The standard InChI is InChI=1S/C15H17F4NO/c1-20-9-2-3-10(20)7-12(6-9)21-11-4-5-14(16)13(8-11)15(17,18)19/h4-5,8-10,12H,2-3,6-7H2,1H3. The minimum atomic E-state index is -4.70. The summed E-state index contributed by atoms with van der Waals surface area (Å²) in [5.74, 6) is -1.17. The lowest BCUT2D eigenvalue weighted by molar-refractivity contribution is -0.140. The zero-order chi connectivity index (χ0) is 15.2. The highest BCUT2D eigenvalue weighted by atomic mass is 19.4. The van der Waals surface area contributed by atoms with E-state index < -0.39 is 17.6 Å². The van der Waals surface area contributed by atoms with Gasteiger partial charge in [0.25, 0.3) is 0 Å².